The van der Waals surface area contributed by atoms with Crippen LogP contribution in [0.4, 0.5) is 8.78 Å². The van der Waals surface area contributed by atoms with E-state index < -0.39 is 17.2 Å². The summed E-state index contributed by atoms with van der Waals surface area (Å²) in [6.45, 7) is 3.60. The molecule has 0 spiro atoms. The Morgan fingerprint density at radius 2 is 1.82 bits per heavy atom. The van der Waals surface area contributed by atoms with Crippen LogP contribution in [0.1, 0.15) is 18.9 Å². The third-order valence-electron chi connectivity index (χ3n) is 2.27. The van der Waals surface area contributed by atoms with Crippen LogP contribution in [0.2, 0.25) is 0 Å². The summed E-state index contributed by atoms with van der Waals surface area (Å²) in [5, 5.41) is 2.26. The van der Waals surface area contributed by atoms with Crippen LogP contribution in [0.3, 0.4) is 0 Å². The molecule has 17 heavy (non-hydrogen) atoms. The first kappa shape index (κ1) is 12.1. The van der Waals surface area contributed by atoms with E-state index >= 15 is 0 Å². The van der Waals surface area contributed by atoms with Crippen molar-refractivity contribution in [3.8, 4) is 11.3 Å². The Bertz CT molecular complexity index is 523. The summed E-state index contributed by atoms with van der Waals surface area (Å²) in [4.78, 5) is 4.19. The summed E-state index contributed by atoms with van der Waals surface area (Å²) >= 11 is 1.30. The van der Waals surface area contributed by atoms with Gasteiger partial charge in [0.25, 0.3) is 0 Å². The number of thiazole rings is 1. The third-order valence-corrected chi connectivity index (χ3v) is 3.46. The molecule has 0 saturated carbocycles. The molecule has 0 bridgehead atoms. The van der Waals surface area contributed by atoms with E-state index in [1.807, 2.05) is 0 Å². The van der Waals surface area contributed by atoms with Gasteiger partial charge in [0.1, 0.15) is 16.6 Å². The fourth-order valence-electron chi connectivity index (χ4n) is 1.43. The maximum atomic E-state index is 13.5. The first-order valence-electron chi connectivity index (χ1n) is 5.09. The van der Waals surface area contributed by atoms with Crippen molar-refractivity contribution in [3.63, 3.8) is 0 Å². The molecule has 0 aliphatic heterocycles. The minimum absolute atomic E-state index is 0.0979. The van der Waals surface area contributed by atoms with Crippen LogP contribution < -0.4 is 5.73 Å². The van der Waals surface area contributed by atoms with E-state index in [2.05, 4.69) is 4.98 Å². The van der Waals surface area contributed by atoms with E-state index in [1.54, 1.807) is 19.2 Å². The maximum absolute atomic E-state index is 13.5. The molecule has 0 radical (unpaired) electrons. The zero-order valence-electron chi connectivity index (χ0n) is 9.50. The van der Waals surface area contributed by atoms with Crippen LogP contribution in [0.15, 0.2) is 23.6 Å². The Morgan fingerprint density at radius 3 is 2.29 bits per heavy atom. The molecule has 2 N–H and O–H groups in total. The summed E-state index contributed by atoms with van der Waals surface area (Å²) in [5.74, 6) is -1.23. The third kappa shape index (κ3) is 2.35. The zero-order chi connectivity index (χ0) is 12.6. The van der Waals surface area contributed by atoms with Gasteiger partial charge in [-0.15, -0.1) is 11.3 Å². The second-order valence-electron chi connectivity index (χ2n) is 4.36. The number of aromatic nitrogens is 1. The first-order chi connectivity index (χ1) is 7.89. The number of nitrogens with two attached hydrogens (primary N) is 1. The molecule has 0 aliphatic rings. The van der Waals surface area contributed by atoms with Gasteiger partial charge < -0.3 is 5.73 Å². The van der Waals surface area contributed by atoms with E-state index in [4.69, 9.17) is 5.73 Å². The van der Waals surface area contributed by atoms with Gasteiger partial charge in [-0.1, -0.05) is 6.07 Å². The van der Waals surface area contributed by atoms with Gasteiger partial charge in [0.2, 0.25) is 0 Å². The molecule has 90 valence electrons. The normalized spacial score (nSPS) is 11.8. The standard InChI is InChI=1S/C12H12F2N2S/c1-12(2,15)11-16-9(6-17-11)10-7(13)4-3-5-8(10)14/h3-6H,15H2,1-2H3. The molecule has 0 fully saturated rings. The van der Waals surface area contributed by atoms with Crippen LogP contribution >= 0.6 is 11.3 Å². The quantitative estimate of drug-likeness (QED) is 0.893. The highest BCUT2D eigenvalue weighted by atomic mass is 32.1. The summed E-state index contributed by atoms with van der Waals surface area (Å²) in [6, 6.07) is 3.75. The highest BCUT2D eigenvalue weighted by Gasteiger charge is 2.21. The maximum Gasteiger partial charge on any atom is 0.135 e. The minimum Gasteiger partial charge on any atom is -0.320 e. The molecule has 1 heterocycles. The lowest BCUT2D eigenvalue weighted by atomic mass is 10.1. The molecular formula is C12H12F2N2S. The molecule has 1 aromatic carbocycles. The van der Waals surface area contributed by atoms with Gasteiger partial charge in [-0.2, -0.15) is 0 Å². The number of halogens is 2. The Kier molecular flexibility index (Phi) is 2.97. The predicted molar refractivity (Wildman–Crippen MR) is 64.7 cm³/mol. The average molecular weight is 254 g/mol. The molecule has 2 rings (SSSR count). The summed E-state index contributed by atoms with van der Waals surface area (Å²) in [6.07, 6.45) is 0. The Hall–Kier alpha value is -1.33. The Morgan fingerprint density at radius 1 is 1.24 bits per heavy atom. The van der Waals surface area contributed by atoms with E-state index in [0.717, 1.165) is 0 Å². The number of rotatable bonds is 2. The second-order valence-corrected chi connectivity index (χ2v) is 5.21. The molecule has 1 aromatic heterocycles. The van der Waals surface area contributed by atoms with E-state index in [9.17, 15) is 8.78 Å². The second kappa shape index (κ2) is 4.16. The molecule has 0 atom stereocenters. The van der Waals surface area contributed by atoms with E-state index in [-0.39, 0.29) is 5.56 Å². The molecule has 0 saturated heterocycles. The highest BCUT2D eigenvalue weighted by Crippen LogP contribution is 2.30. The molecular weight excluding hydrogens is 242 g/mol. The fourth-order valence-corrected chi connectivity index (χ4v) is 2.28. The Labute approximate surface area is 102 Å². The van der Waals surface area contributed by atoms with Gasteiger partial charge in [0, 0.05) is 5.38 Å². The fraction of sp³-hybridized carbons (Fsp3) is 0.250. The molecule has 2 aromatic rings. The lowest BCUT2D eigenvalue weighted by molar-refractivity contribution is 0.549. The SMILES string of the molecule is CC(C)(N)c1nc(-c2c(F)cccc2F)cs1. The Balaban J connectivity index is 2.51. The molecule has 2 nitrogen and oxygen atoms in total. The van der Waals surface area contributed by atoms with Gasteiger partial charge in [0.05, 0.1) is 16.8 Å². The van der Waals surface area contributed by atoms with Crippen LogP contribution in [-0.4, -0.2) is 4.98 Å². The lowest BCUT2D eigenvalue weighted by Crippen LogP contribution is -2.28. The smallest absolute Gasteiger partial charge is 0.135 e. The molecule has 5 heteroatoms. The molecule has 0 aliphatic carbocycles. The minimum atomic E-state index is -0.614. The van der Waals surface area contributed by atoms with Crippen molar-refractivity contribution in [2.45, 2.75) is 19.4 Å². The van der Waals surface area contributed by atoms with Gasteiger partial charge in [-0.25, -0.2) is 13.8 Å². The summed E-state index contributed by atoms with van der Waals surface area (Å²) in [5.41, 5.74) is 5.47. The van der Waals surface area contributed by atoms with Crippen molar-refractivity contribution in [3.05, 3.63) is 40.2 Å². The summed E-state index contributed by atoms with van der Waals surface area (Å²) in [7, 11) is 0. The van der Waals surface area contributed by atoms with Crippen molar-refractivity contribution in [2.24, 2.45) is 5.73 Å². The average Bonchev–Trinajstić information content (AvgIpc) is 2.65. The van der Waals surface area contributed by atoms with Crippen molar-refractivity contribution in [1.29, 1.82) is 0 Å². The van der Waals surface area contributed by atoms with Gasteiger partial charge in [-0.05, 0) is 26.0 Å². The van der Waals surface area contributed by atoms with E-state index in [1.165, 1.54) is 29.5 Å². The van der Waals surface area contributed by atoms with E-state index in [0.29, 0.717) is 10.7 Å². The van der Waals surface area contributed by atoms with Crippen LogP contribution in [-0.2, 0) is 5.54 Å². The monoisotopic (exact) mass is 254 g/mol. The van der Waals surface area contributed by atoms with Crippen LogP contribution in [0.5, 0.6) is 0 Å². The van der Waals surface area contributed by atoms with Crippen LogP contribution in [0.25, 0.3) is 11.3 Å². The zero-order valence-corrected chi connectivity index (χ0v) is 10.3. The lowest BCUT2D eigenvalue weighted by Gasteiger charge is -2.13. The van der Waals surface area contributed by atoms with Crippen molar-refractivity contribution in [2.75, 3.05) is 0 Å². The van der Waals surface area contributed by atoms with Gasteiger partial charge in [0.15, 0.2) is 0 Å². The molecule has 0 unspecified atom stereocenters. The number of hydrogen-bond donors (Lipinski definition) is 1. The summed E-state index contributed by atoms with van der Waals surface area (Å²) < 4.78 is 27.1. The topological polar surface area (TPSA) is 38.9 Å². The van der Waals surface area contributed by atoms with Crippen molar-refractivity contribution >= 4 is 11.3 Å². The largest absolute Gasteiger partial charge is 0.320 e. The highest BCUT2D eigenvalue weighted by molar-refractivity contribution is 7.10. The van der Waals surface area contributed by atoms with Crippen molar-refractivity contribution in [1.82, 2.24) is 4.98 Å². The number of hydrogen-bond acceptors (Lipinski definition) is 3. The molecule has 0 amide bonds. The predicted octanol–water partition coefficient (Wildman–Crippen LogP) is 3.28. The number of benzene rings is 1. The van der Waals surface area contributed by atoms with Crippen LogP contribution in [0, 0.1) is 11.6 Å². The first-order valence-corrected chi connectivity index (χ1v) is 5.97. The van der Waals surface area contributed by atoms with Gasteiger partial charge in [-0.3, -0.25) is 0 Å². The van der Waals surface area contributed by atoms with Gasteiger partial charge >= 0.3 is 0 Å². The number of nitrogens with zero attached hydrogens (tertiary/aromatic N) is 1. The van der Waals surface area contributed by atoms with Crippen molar-refractivity contribution < 1.29 is 8.78 Å².